The Morgan fingerprint density at radius 3 is 2.59 bits per heavy atom. The highest BCUT2D eigenvalue weighted by atomic mass is 32.2. The van der Waals surface area contributed by atoms with Crippen LogP contribution in [0.2, 0.25) is 0 Å². The highest BCUT2D eigenvalue weighted by Gasteiger charge is 2.28. The van der Waals surface area contributed by atoms with Gasteiger partial charge in [0.15, 0.2) is 11.8 Å². The molecule has 2 aromatic heterocycles. The van der Waals surface area contributed by atoms with Crippen molar-refractivity contribution in [3.05, 3.63) is 46.9 Å². The van der Waals surface area contributed by atoms with E-state index in [1.165, 1.54) is 40.6 Å². The maximum Gasteiger partial charge on any atom is 0.422 e. The largest absolute Gasteiger partial charge is 0.484 e. The highest BCUT2D eigenvalue weighted by Crippen LogP contribution is 2.24. The molecular weight excluding hydrogens is 473 g/mol. The van der Waals surface area contributed by atoms with E-state index in [1.807, 2.05) is 0 Å². The molecule has 12 heteroatoms. The van der Waals surface area contributed by atoms with Crippen LogP contribution in [-0.4, -0.2) is 56.2 Å². The van der Waals surface area contributed by atoms with Gasteiger partial charge >= 0.3 is 6.18 Å². The van der Waals surface area contributed by atoms with Gasteiger partial charge in [-0.3, -0.25) is 14.2 Å². The van der Waals surface area contributed by atoms with E-state index in [2.05, 4.69) is 15.3 Å². The van der Waals surface area contributed by atoms with E-state index in [4.69, 9.17) is 4.74 Å². The SMILES string of the molecule is CC(C)(CO)NC(=O)CCCSc1nc2cc[nH]c2c(=O)n1-c1ccc(OCC(F)(F)F)cc1. The van der Waals surface area contributed by atoms with E-state index < -0.39 is 18.3 Å². The molecule has 3 aromatic rings. The van der Waals surface area contributed by atoms with Gasteiger partial charge in [0.2, 0.25) is 5.91 Å². The molecule has 34 heavy (non-hydrogen) atoms. The van der Waals surface area contributed by atoms with Gasteiger partial charge < -0.3 is 20.1 Å². The number of carbonyl (C=O) groups is 1. The van der Waals surface area contributed by atoms with Crippen LogP contribution in [-0.2, 0) is 4.79 Å². The Morgan fingerprint density at radius 1 is 1.24 bits per heavy atom. The number of carbonyl (C=O) groups excluding carboxylic acids is 1. The molecule has 2 heterocycles. The van der Waals surface area contributed by atoms with Gasteiger partial charge in [-0.25, -0.2) is 4.98 Å². The van der Waals surface area contributed by atoms with Crippen LogP contribution in [0.5, 0.6) is 5.75 Å². The number of aromatic amines is 1. The predicted octanol–water partition coefficient (Wildman–Crippen LogP) is 3.41. The first-order valence-electron chi connectivity index (χ1n) is 10.4. The minimum absolute atomic E-state index is 0.0223. The summed E-state index contributed by atoms with van der Waals surface area (Å²) in [6.07, 6.45) is -2.12. The van der Waals surface area contributed by atoms with E-state index in [9.17, 15) is 27.9 Å². The molecule has 8 nitrogen and oxygen atoms in total. The molecule has 1 aromatic carbocycles. The van der Waals surface area contributed by atoms with E-state index in [-0.39, 0.29) is 30.2 Å². The van der Waals surface area contributed by atoms with Gasteiger partial charge in [0.05, 0.1) is 23.3 Å². The fourth-order valence-corrected chi connectivity index (χ4v) is 3.99. The van der Waals surface area contributed by atoms with E-state index in [1.54, 1.807) is 26.1 Å². The number of hydrogen-bond donors (Lipinski definition) is 3. The summed E-state index contributed by atoms with van der Waals surface area (Å²) in [6, 6.07) is 7.35. The van der Waals surface area contributed by atoms with Crippen LogP contribution in [0.3, 0.4) is 0 Å². The third-order valence-corrected chi connectivity index (χ3v) is 5.72. The number of nitrogens with one attached hydrogen (secondary N) is 2. The summed E-state index contributed by atoms with van der Waals surface area (Å²) in [6.45, 7) is 1.84. The minimum atomic E-state index is -4.45. The Kier molecular flexibility index (Phi) is 7.93. The van der Waals surface area contributed by atoms with Gasteiger partial charge in [-0.1, -0.05) is 11.8 Å². The predicted molar refractivity (Wildman–Crippen MR) is 123 cm³/mol. The molecule has 0 saturated heterocycles. The fraction of sp³-hybridized carbons (Fsp3) is 0.409. The van der Waals surface area contributed by atoms with Gasteiger partial charge in [0, 0.05) is 18.4 Å². The second-order valence-electron chi connectivity index (χ2n) is 8.21. The van der Waals surface area contributed by atoms with Crippen LogP contribution in [0.4, 0.5) is 13.2 Å². The van der Waals surface area contributed by atoms with Crippen LogP contribution in [0.25, 0.3) is 16.7 Å². The molecule has 0 saturated carbocycles. The molecule has 1 amide bonds. The van der Waals surface area contributed by atoms with Crippen LogP contribution in [0.15, 0.2) is 46.5 Å². The average molecular weight is 499 g/mol. The third-order valence-electron chi connectivity index (χ3n) is 4.70. The summed E-state index contributed by atoms with van der Waals surface area (Å²) in [5.41, 5.74) is 0.132. The van der Waals surface area contributed by atoms with Crippen molar-refractivity contribution in [2.24, 2.45) is 0 Å². The molecule has 0 aliphatic rings. The average Bonchev–Trinajstić information content (AvgIpc) is 3.24. The first kappa shape index (κ1) is 25.6. The second-order valence-corrected chi connectivity index (χ2v) is 9.27. The molecule has 0 atom stereocenters. The van der Waals surface area contributed by atoms with Crippen molar-refractivity contribution < 1.29 is 27.8 Å². The van der Waals surface area contributed by atoms with Gasteiger partial charge in [-0.2, -0.15) is 13.2 Å². The Hall–Kier alpha value is -2.99. The second kappa shape index (κ2) is 10.5. The Balaban J connectivity index is 1.76. The quantitative estimate of drug-likeness (QED) is 0.225. The molecular formula is C22H25F3N4O4S. The summed E-state index contributed by atoms with van der Waals surface area (Å²) in [5, 5.41) is 12.4. The minimum Gasteiger partial charge on any atom is -0.484 e. The van der Waals surface area contributed by atoms with Crippen LogP contribution in [0.1, 0.15) is 26.7 Å². The number of thioether (sulfide) groups is 1. The number of rotatable bonds is 10. The lowest BCUT2D eigenvalue weighted by Gasteiger charge is -2.23. The van der Waals surface area contributed by atoms with Crippen molar-refractivity contribution in [3.63, 3.8) is 0 Å². The summed E-state index contributed by atoms with van der Waals surface area (Å²) < 4.78 is 43.3. The van der Waals surface area contributed by atoms with E-state index >= 15 is 0 Å². The van der Waals surface area contributed by atoms with Crippen molar-refractivity contribution in [1.82, 2.24) is 19.9 Å². The molecule has 3 rings (SSSR count). The van der Waals surface area contributed by atoms with Crippen LogP contribution >= 0.6 is 11.8 Å². The number of hydrogen-bond acceptors (Lipinski definition) is 6. The van der Waals surface area contributed by atoms with Gasteiger partial charge in [-0.05, 0) is 50.6 Å². The number of halogens is 3. The Labute approximate surface area is 197 Å². The monoisotopic (exact) mass is 498 g/mol. The number of H-pyrrole nitrogens is 1. The molecule has 0 radical (unpaired) electrons. The van der Waals surface area contributed by atoms with Crippen molar-refractivity contribution in [2.45, 2.75) is 43.6 Å². The smallest absolute Gasteiger partial charge is 0.422 e. The summed E-state index contributed by atoms with van der Waals surface area (Å²) in [5.74, 6) is 0.317. The third kappa shape index (κ3) is 6.76. The summed E-state index contributed by atoms with van der Waals surface area (Å²) in [7, 11) is 0. The zero-order chi connectivity index (χ0) is 24.9. The standard InChI is InChI=1S/C22H25F3N4O4S/c1-21(2,12-30)28-17(31)4-3-11-34-20-27-16-9-10-26-18(16)19(32)29(20)14-5-7-15(8-6-14)33-13-22(23,24)25/h5-10,26,30H,3-4,11-13H2,1-2H3,(H,28,31). The number of ether oxygens (including phenoxy) is 1. The summed E-state index contributed by atoms with van der Waals surface area (Å²) >= 11 is 1.29. The normalized spacial score (nSPS) is 12.2. The molecule has 0 bridgehead atoms. The Bertz CT molecular complexity index is 1190. The molecule has 0 fully saturated rings. The molecule has 3 N–H and O–H groups in total. The maximum absolute atomic E-state index is 13.1. The molecule has 0 aliphatic carbocycles. The van der Waals surface area contributed by atoms with Crippen molar-refractivity contribution in [3.8, 4) is 11.4 Å². The van der Waals surface area contributed by atoms with Gasteiger partial charge in [0.1, 0.15) is 11.3 Å². The lowest BCUT2D eigenvalue weighted by atomic mass is 10.1. The number of nitrogens with zero attached hydrogens (tertiary/aromatic N) is 2. The maximum atomic E-state index is 13.1. The Morgan fingerprint density at radius 2 is 1.94 bits per heavy atom. The van der Waals surface area contributed by atoms with Gasteiger partial charge in [0.25, 0.3) is 5.56 Å². The molecule has 184 valence electrons. The first-order chi connectivity index (χ1) is 16.0. The van der Waals surface area contributed by atoms with Gasteiger partial charge in [-0.15, -0.1) is 0 Å². The zero-order valence-corrected chi connectivity index (χ0v) is 19.4. The topological polar surface area (TPSA) is 109 Å². The lowest BCUT2D eigenvalue weighted by Crippen LogP contribution is -2.46. The summed E-state index contributed by atoms with van der Waals surface area (Å²) in [4.78, 5) is 32.6. The molecule has 0 unspecified atom stereocenters. The van der Waals surface area contributed by atoms with Crippen molar-refractivity contribution in [1.29, 1.82) is 0 Å². The van der Waals surface area contributed by atoms with Crippen LogP contribution < -0.4 is 15.6 Å². The lowest BCUT2D eigenvalue weighted by molar-refractivity contribution is -0.153. The van der Waals surface area contributed by atoms with Crippen molar-refractivity contribution in [2.75, 3.05) is 19.0 Å². The molecule has 0 aliphatic heterocycles. The number of aromatic nitrogens is 3. The van der Waals surface area contributed by atoms with E-state index in [0.29, 0.717) is 34.1 Å². The molecule has 0 spiro atoms. The fourth-order valence-electron chi connectivity index (χ4n) is 3.03. The first-order valence-corrected chi connectivity index (χ1v) is 11.4. The zero-order valence-electron chi connectivity index (χ0n) is 18.6. The van der Waals surface area contributed by atoms with Crippen LogP contribution in [0, 0.1) is 0 Å². The number of fused-ring (bicyclic) bond motifs is 1. The number of benzene rings is 1. The number of amides is 1. The van der Waals surface area contributed by atoms with E-state index in [0.717, 1.165) is 0 Å². The number of aliphatic hydroxyl groups is 1. The highest BCUT2D eigenvalue weighted by molar-refractivity contribution is 7.99. The van der Waals surface area contributed by atoms with Crippen molar-refractivity contribution >= 4 is 28.7 Å². The number of aliphatic hydroxyl groups excluding tert-OH is 1. The number of alkyl halides is 3.